The van der Waals surface area contributed by atoms with Gasteiger partial charge in [0.15, 0.2) is 0 Å². The summed E-state index contributed by atoms with van der Waals surface area (Å²) in [4.78, 5) is 12.5. The molecule has 1 unspecified atom stereocenters. The van der Waals surface area contributed by atoms with Crippen LogP contribution < -0.4 is 5.32 Å². The molecule has 0 rings (SSSR count). The van der Waals surface area contributed by atoms with Gasteiger partial charge >= 0.3 is 0 Å². The van der Waals surface area contributed by atoms with E-state index in [2.05, 4.69) is 26.1 Å². The predicted molar refractivity (Wildman–Crippen MR) is 85.7 cm³/mol. The molecule has 3 heteroatoms. The van der Waals surface area contributed by atoms with Gasteiger partial charge in [-0.2, -0.15) is 0 Å². The van der Waals surface area contributed by atoms with Crippen LogP contribution in [-0.2, 0) is 4.79 Å². The van der Waals surface area contributed by atoms with Gasteiger partial charge in [0.05, 0.1) is 5.60 Å². The van der Waals surface area contributed by atoms with E-state index in [-0.39, 0.29) is 11.3 Å². The Hall–Kier alpha value is -0.570. The van der Waals surface area contributed by atoms with E-state index in [1.807, 2.05) is 0 Å². The molecule has 0 spiro atoms. The Morgan fingerprint density at radius 3 is 2.00 bits per heavy atom. The van der Waals surface area contributed by atoms with Crippen molar-refractivity contribution in [2.75, 3.05) is 6.54 Å². The van der Waals surface area contributed by atoms with Crippen molar-refractivity contribution in [1.82, 2.24) is 5.32 Å². The minimum Gasteiger partial charge on any atom is -0.389 e. The highest BCUT2D eigenvalue weighted by atomic mass is 16.3. The Morgan fingerprint density at radius 1 is 0.950 bits per heavy atom. The van der Waals surface area contributed by atoms with Crippen molar-refractivity contribution < 1.29 is 9.90 Å². The van der Waals surface area contributed by atoms with E-state index in [1.165, 1.54) is 19.3 Å². The molecular weight excluding hydrogens is 250 g/mol. The van der Waals surface area contributed by atoms with Crippen LogP contribution >= 0.6 is 0 Å². The van der Waals surface area contributed by atoms with Crippen LogP contribution in [0, 0.1) is 5.41 Å². The fraction of sp³-hybridized carbons (Fsp3) is 0.941. The summed E-state index contributed by atoms with van der Waals surface area (Å²) < 4.78 is 0. The van der Waals surface area contributed by atoms with Crippen molar-refractivity contribution in [2.45, 2.75) is 91.6 Å². The number of carbonyl (C=O) groups excluding carboxylic acids is 1. The molecule has 0 saturated carbocycles. The number of rotatable bonds is 11. The monoisotopic (exact) mass is 285 g/mol. The number of hydrogen-bond acceptors (Lipinski definition) is 2. The van der Waals surface area contributed by atoms with Gasteiger partial charge in [0.1, 0.15) is 0 Å². The zero-order valence-electron chi connectivity index (χ0n) is 14.2. The summed E-state index contributed by atoms with van der Waals surface area (Å²) in [6, 6.07) is 0. The Balaban J connectivity index is 4.45. The first-order valence-electron chi connectivity index (χ1n) is 8.26. The molecule has 0 aliphatic heterocycles. The molecule has 0 aromatic heterocycles. The van der Waals surface area contributed by atoms with E-state index in [9.17, 15) is 9.90 Å². The lowest BCUT2D eigenvalue weighted by molar-refractivity contribution is -0.132. The first-order valence-corrected chi connectivity index (χ1v) is 8.26. The average molecular weight is 285 g/mol. The normalized spacial score (nSPS) is 14.9. The number of carbonyl (C=O) groups is 1. The smallest absolute Gasteiger partial charge is 0.226 e. The molecule has 2 N–H and O–H groups in total. The Labute approximate surface area is 125 Å². The van der Waals surface area contributed by atoms with Crippen molar-refractivity contribution in [3.8, 4) is 0 Å². The zero-order valence-corrected chi connectivity index (χ0v) is 14.2. The Bertz CT molecular complexity index is 271. The molecule has 120 valence electrons. The Kier molecular flexibility index (Phi) is 9.11. The minimum absolute atomic E-state index is 0.101. The molecule has 0 aliphatic carbocycles. The first kappa shape index (κ1) is 19.4. The number of nitrogens with one attached hydrogen (secondary N) is 1. The summed E-state index contributed by atoms with van der Waals surface area (Å²) in [6.07, 6.45) is 8.87. The third-order valence-electron chi connectivity index (χ3n) is 3.89. The van der Waals surface area contributed by atoms with Gasteiger partial charge in [-0.3, -0.25) is 4.79 Å². The average Bonchev–Trinajstić information content (AvgIpc) is 2.37. The topological polar surface area (TPSA) is 49.3 Å². The maximum absolute atomic E-state index is 12.5. The predicted octanol–water partition coefficient (Wildman–Crippen LogP) is 4.04. The number of amides is 1. The number of unbranched alkanes of at least 4 members (excludes halogenated alkanes) is 4. The van der Waals surface area contributed by atoms with Crippen molar-refractivity contribution in [3.05, 3.63) is 0 Å². The number of hydrogen-bond donors (Lipinski definition) is 2. The third kappa shape index (κ3) is 8.57. The maximum atomic E-state index is 12.5. The molecule has 20 heavy (non-hydrogen) atoms. The highest BCUT2D eigenvalue weighted by Crippen LogP contribution is 2.31. The summed E-state index contributed by atoms with van der Waals surface area (Å²) in [5, 5.41) is 12.7. The van der Waals surface area contributed by atoms with Crippen LogP contribution in [0.25, 0.3) is 0 Å². The van der Waals surface area contributed by atoms with Crippen LogP contribution in [0.15, 0.2) is 0 Å². The summed E-state index contributed by atoms with van der Waals surface area (Å²) in [7, 11) is 0. The molecule has 0 aromatic rings. The fourth-order valence-electron chi connectivity index (χ4n) is 2.37. The zero-order chi connectivity index (χ0) is 15.6. The van der Waals surface area contributed by atoms with Crippen LogP contribution in [0.5, 0.6) is 0 Å². The first-order chi connectivity index (χ1) is 9.25. The molecule has 0 fully saturated rings. The van der Waals surface area contributed by atoms with Gasteiger partial charge in [-0.15, -0.1) is 0 Å². The second-order valence-corrected chi connectivity index (χ2v) is 6.97. The lowest BCUT2D eigenvalue weighted by atomic mass is 9.79. The maximum Gasteiger partial charge on any atom is 0.226 e. The molecule has 0 radical (unpaired) electrons. The molecule has 3 nitrogen and oxygen atoms in total. The van der Waals surface area contributed by atoms with Crippen LogP contribution in [0.4, 0.5) is 0 Å². The molecule has 1 amide bonds. The second-order valence-electron chi connectivity index (χ2n) is 6.97. The largest absolute Gasteiger partial charge is 0.389 e. The van der Waals surface area contributed by atoms with Gasteiger partial charge in [-0.1, -0.05) is 59.3 Å². The van der Waals surface area contributed by atoms with Crippen LogP contribution in [0.2, 0.25) is 0 Å². The lowest BCUT2D eigenvalue weighted by Gasteiger charge is -2.30. The standard InChI is InChI=1S/C17H35NO2/c1-6-8-10-11-13-17(5,12-9-7-2)15(19)18-14-16(3,4)20/h20H,6-14H2,1-5H3,(H,18,19). The quantitative estimate of drug-likeness (QED) is 0.563. The SMILES string of the molecule is CCCCCCC(C)(CCCC)C(=O)NCC(C)(C)O. The third-order valence-corrected chi connectivity index (χ3v) is 3.89. The molecular formula is C17H35NO2. The van der Waals surface area contributed by atoms with Crippen LogP contribution in [0.1, 0.15) is 86.0 Å². The van der Waals surface area contributed by atoms with E-state index >= 15 is 0 Å². The van der Waals surface area contributed by atoms with Crippen molar-refractivity contribution >= 4 is 5.91 Å². The lowest BCUT2D eigenvalue weighted by Crippen LogP contribution is -2.45. The highest BCUT2D eigenvalue weighted by Gasteiger charge is 2.32. The van der Waals surface area contributed by atoms with E-state index < -0.39 is 5.60 Å². The van der Waals surface area contributed by atoms with Gasteiger partial charge in [-0.05, 0) is 26.7 Å². The van der Waals surface area contributed by atoms with E-state index in [4.69, 9.17) is 0 Å². The van der Waals surface area contributed by atoms with Crippen molar-refractivity contribution in [3.63, 3.8) is 0 Å². The minimum atomic E-state index is -0.844. The van der Waals surface area contributed by atoms with Gasteiger partial charge in [0.2, 0.25) is 5.91 Å². The molecule has 0 heterocycles. The molecule has 1 atom stereocenters. The van der Waals surface area contributed by atoms with Crippen LogP contribution in [0.3, 0.4) is 0 Å². The summed E-state index contributed by atoms with van der Waals surface area (Å²) in [5.41, 5.74) is -1.13. The summed E-state index contributed by atoms with van der Waals surface area (Å²) in [6.45, 7) is 10.2. The van der Waals surface area contributed by atoms with Gasteiger partial charge in [0.25, 0.3) is 0 Å². The molecule has 0 aliphatic rings. The van der Waals surface area contributed by atoms with Crippen molar-refractivity contribution in [2.24, 2.45) is 5.41 Å². The molecule has 0 bridgehead atoms. The van der Waals surface area contributed by atoms with Crippen molar-refractivity contribution in [1.29, 1.82) is 0 Å². The van der Waals surface area contributed by atoms with E-state index in [1.54, 1.807) is 13.8 Å². The Morgan fingerprint density at radius 2 is 1.50 bits per heavy atom. The molecule has 0 saturated heterocycles. The number of aliphatic hydroxyl groups is 1. The van der Waals surface area contributed by atoms with Crippen LogP contribution in [-0.4, -0.2) is 23.2 Å². The summed E-state index contributed by atoms with van der Waals surface area (Å²) >= 11 is 0. The highest BCUT2D eigenvalue weighted by molar-refractivity contribution is 5.82. The van der Waals surface area contributed by atoms with Gasteiger partial charge in [-0.25, -0.2) is 0 Å². The fourth-order valence-corrected chi connectivity index (χ4v) is 2.37. The van der Waals surface area contributed by atoms with Gasteiger partial charge in [0, 0.05) is 12.0 Å². The van der Waals surface area contributed by atoms with E-state index in [0.717, 1.165) is 32.1 Å². The van der Waals surface area contributed by atoms with E-state index in [0.29, 0.717) is 6.54 Å². The van der Waals surface area contributed by atoms with Gasteiger partial charge < -0.3 is 10.4 Å². The summed E-state index contributed by atoms with van der Waals surface area (Å²) in [5.74, 6) is 0.101. The second kappa shape index (κ2) is 9.38. The molecule has 0 aromatic carbocycles.